The lowest BCUT2D eigenvalue weighted by molar-refractivity contribution is -0.0592. The topological polar surface area (TPSA) is 36.9 Å². The van der Waals surface area contributed by atoms with Crippen LogP contribution in [0.5, 0.6) is 0 Å². The summed E-state index contributed by atoms with van der Waals surface area (Å²) in [4.78, 5) is 0. The van der Waals surface area contributed by atoms with Gasteiger partial charge in [0.05, 0.1) is 12.7 Å². The lowest BCUT2D eigenvalue weighted by Gasteiger charge is -2.48. The van der Waals surface area contributed by atoms with E-state index in [4.69, 9.17) is 18.0 Å². The summed E-state index contributed by atoms with van der Waals surface area (Å²) in [6.45, 7) is 37.2. The second kappa shape index (κ2) is 11.3. The Hall–Kier alpha value is -0.709. The molecule has 38 heavy (non-hydrogen) atoms. The van der Waals surface area contributed by atoms with Gasteiger partial charge >= 0.3 is 0 Å². The first-order valence-electron chi connectivity index (χ1n) is 14.3. The second-order valence-electron chi connectivity index (χ2n) is 15.8. The first kappa shape index (κ1) is 33.5. The van der Waals surface area contributed by atoms with Crippen LogP contribution in [0.1, 0.15) is 73.4 Å². The van der Waals surface area contributed by atoms with Crippen molar-refractivity contribution < 1.29 is 18.0 Å². The van der Waals surface area contributed by atoms with E-state index in [-0.39, 0.29) is 33.4 Å². The van der Waals surface area contributed by atoms with E-state index in [0.29, 0.717) is 6.61 Å². The molecule has 1 aromatic carbocycles. The van der Waals surface area contributed by atoms with Crippen molar-refractivity contribution in [3.8, 4) is 0 Å². The zero-order chi connectivity index (χ0) is 29.5. The Morgan fingerprint density at radius 3 is 1.66 bits per heavy atom. The summed E-state index contributed by atoms with van der Waals surface area (Å²) in [5.41, 5.74) is 2.30. The highest BCUT2D eigenvalue weighted by atomic mass is 28.4. The minimum atomic E-state index is -2.14. The predicted molar refractivity (Wildman–Crippen MR) is 171 cm³/mol. The molecule has 0 radical (unpaired) electrons. The van der Waals surface area contributed by atoms with Crippen molar-refractivity contribution >= 4 is 30.7 Å². The van der Waals surface area contributed by atoms with Crippen molar-refractivity contribution in [1.82, 2.24) is 0 Å². The third-order valence-corrected chi connectivity index (χ3v) is 23.0. The molecule has 0 saturated heterocycles. The smallest absolute Gasteiger partial charge is 0.193 e. The van der Waals surface area contributed by atoms with Gasteiger partial charge in [-0.05, 0) is 73.0 Å². The molecule has 2 rings (SSSR count). The summed E-state index contributed by atoms with van der Waals surface area (Å²) in [6.07, 6.45) is 1.50. The normalized spacial score (nSPS) is 22.2. The van der Waals surface area contributed by atoms with Crippen LogP contribution in [-0.4, -0.2) is 49.9 Å². The standard InChI is InChI=1S/C31H58O4Si3/c1-23-19-17-18-20-24(23)25-21-26(34-37(13,14)30(5,6)7)28(35-38(15,16)31(8,9)10)27(33-25)22-32-36(11,12)29(2,3)4/h17-21,26-28H,22H2,1-16H3/t26-,27-,28+/m1/s1. The van der Waals surface area contributed by atoms with Gasteiger partial charge in [0.25, 0.3) is 0 Å². The summed E-state index contributed by atoms with van der Waals surface area (Å²) in [5, 5.41) is 0.263. The SMILES string of the molecule is Cc1ccccc1C1=C[C@@H](O[Si](C)(C)C(C)(C)C)[C@H](O[Si](C)(C)C(C)(C)C)[C@@H](CO[Si](C)(C)C(C)(C)C)O1. The van der Waals surface area contributed by atoms with Crippen LogP contribution in [0.15, 0.2) is 30.3 Å². The molecule has 0 unspecified atom stereocenters. The van der Waals surface area contributed by atoms with Gasteiger partial charge in [-0.3, -0.25) is 0 Å². The molecule has 1 aromatic rings. The number of hydrogen-bond donors (Lipinski definition) is 0. The van der Waals surface area contributed by atoms with Gasteiger partial charge in [0, 0.05) is 5.56 Å². The van der Waals surface area contributed by atoms with Crippen molar-refractivity contribution in [2.45, 2.75) is 142 Å². The molecule has 4 nitrogen and oxygen atoms in total. The average Bonchev–Trinajstić information content (AvgIpc) is 2.71. The first-order valence-corrected chi connectivity index (χ1v) is 23.1. The number of aryl methyl sites for hydroxylation is 1. The largest absolute Gasteiger partial charge is 0.485 e. The zero-order valence-corrected chi connectivity index (χ0v) is 30.5. The summed E-state index contributed by atoms with van der Waals surface area (Å²) in [5.74, 6) is 0.880. The molecule has 0 aliphatic carbocycles. The van der Waals surface area contributed by atoms with E-state index in [1.54, 1.807) is 0 Å². The Morgan fingerprint density at radius 1 is 0.711 bits per heavy atom. The van der Waals surface area contributed by atoms with Gasteiger partial charge in [-0.1, -0.05) is 86.6 Å². The molecule has 0 amide bonds. The van der Waals surface area contributed by atoms with Crippen LogP contribution in [0.3, 0.4) is 0 Å². The van der Waals surface area contributed by atoms with Crippen molar-refractivity contribution in [2.24, 2.45) is 0 Å². The molecule has 3 atom stereocenters. The maximum Gasteiger partial charge on any atom is 0.193 e. The zero-order valence-electron chi connectivity index (χ0n) is 27.5. The van der Waals surface area contributed by atoms with Crippen LogP contribution < -0.4 is 0 Å². The van der Waals surface area contributed by atoms with E-state index in [2.05, 4.69) is 139 Å². The maximum absolute atomic E-state index is 7.19. The summed E-state index contributed by atoms with van der Waals surface area (Å²) in [6, 6.07) is 8.44. The predicted octanol–water partition coefficient (Wildman–Crippen LogP) is 9.54. The number of ether oxygens (including phenoxy) is 1. The van der Waals surface area contributed by atoms with E-state index in [0.717, 1.165) is 11.3 Å². The molecular formula is C31H58O4Si3. The van der Waals surface area contributed by atoms with E-state index >= 15 is 0 Å². The average molecular weight is 579 g/mol. The first-order chi connectivity index (χ1) is 16.9. The van der Waals surface area contributed by atoms with Crippen molar-refractivity contribution in [3.05, 3.63) is 41.5 Å². The van der Waals surface area contributed by atoms with E-state index in [9.17, 15) is 0 Å². The fourth-order valence-corrected chi connectivity index (χ4v) is 7.21. The highest BCUT2D eigenvalue weighted by Crippen LogP contribution is 2.44. The van der Waals surface area contributed by atoms with Crippen LogP contribution in [0.25, 0.3) is 5.76 Å². The number of rotatable bonds is 8. The molecule has 0 aromatic heterocycles. The van der Waals surface area contributed by atoms with Crippen LogP contribution >= 0.6 is 0 Å². The highest BCUT2D eigenvalue weighted by molar-refractivity contribution is 6.75. The van der Waals surface area contributed by atoms with Crippen LogP contribution in [0, 0.1) is 6.92 Å². The van der Waals surface area contributed by atoms with Gasteiger partial charge in [-0.25, -0.2) is 0 Å². The Labute approximate surface area is 238 Å². The molecule has 7 heteroatoms. The Kier molecular flexibility index (Phi) is 9.95. The third kappa shape index (κ3) is 7.73. The number of benzene rings is 1. The molecule has 0 fully saturated rings. The molecule has 1 aliphatic heterocycles. The number of hydrogen-bond acceptors (Lipinski definition) is 4. The van der Waals surface area contributed by atoms with Gasteiger partial charge in [0.1, 0.15) is 18.0 Å². The Bertz CT molecular complexity index is 978. The van der Waals surface area contributed by atoms with Gasteiger partial charge < -0.3 is 18.0 Å². The molecule has 1 aliphatic rings. The summed E-state index contributed by atoms with van der Waals surface area (Å²) >= 11 is 0. The quantitative estimate of drug-likeness (QED) is 0.288. The third-order valence-electron chi connectivity index (χ3n) is 9.58. The fourth-order valence-electron chi connectivity index (χ4n) is 3.64. The van der Waals surface area contributed by atoms with Gasteiger partial charge in [0.2, 0.25) is 0 Å². The van der Waals surface area contributed by atoms with E-state index < -0.39 is 25.0 Å². The highest BCUT2D eigenvalue weighted by Gasteiger charge is 2.49. The maximum atomic E-state index is 7.19. The molecule has 1 heterocycles. The van der Waals surface area contributed by atoms with Gasteiger partial charge in [-0.15, -0.1) is 0 Å². The Morgan fingerprint density at radius 2 is 1.18 bits per heavy atom. The van der Waals surface area contributed by atoms with Crippen molar-refractivity contribution in [3.63, 3.8) is 0 Å². The van der Waals surface area contributed by atoms with Crippen molar-refractivity contribution in [2.75, 3.05) is 6.61 Å². The lowest BCUT2D eigenvalue weighted by Crippen LogP contribution is -2.58. The van der Waals surface area contributed by atoms with Gasteiger partial charge in [-0.2, -0.15) is 0 Å². The lowest BCUT2D eigenvalue weighted by atomic mass is 9.99. The summed E-state index contributed by atoms with van der Waals surface area (Å²) in [7, 11) is -6.25. The van der Waals surface area contributed by atoms with Crippen LogP contribution in [0.2, 0.25) is 54.4 Å². The molecule has 0 spiro atoms. The minimum Gasteiger partial charge on any atom is -0.485 e. The monoisotopic (exact) mass is 578 g/mol. The molecule has 0 saturated carbocycles. The van der Waals surface area contributed by atoms with E-state index in [1.807, 2.05) is 0 Å². The molecule has 0 bridgehead atoms. The summed E-state index contributed by atoms with van der Waals surface area (Å²) < 4.78 is 28.0. The fraction of sp³-hybridized carbons (Fsp3) is 0.742. The van der Waals surface area contributed by atoms with Crippen molar-refractivity contribution in [1.29, 1.82) is 0 Å². The molecule has 218 valence electrons. The second-order valence-corrected chi connectivity index (χ2v) is 30.1. The Balaban J connectivity index is 2.65. The molecule has 0 N–H and O–H groups in total. The van der Waals surface area contributed by atoms with E-state index in [1.165, 1.54) is 5.56 Å². The van der Waals surface area contributed by atoms with Crippen LogP contribution in [0.4, 0.5) is 0 Å². The minimum absolute atomic E-state index is 0.0688. The van der Waals surface area contributed by atoms with Crippen LogP contribution in [-0.2, 0) is 18.0 Å². The molecular weight excluding hydrogens is 521 g/mol. The van der Waals surface area contributed by atoms with Gasteiger partial charge in [0.15, 0.2) is 25.0 Å².